The zero-order valence-corrected chi connectivity index (χ0v) is 10.6. The number of halogens is 1. The van der Waals surface area contributed by atoms with Gasteiger partial charge in [0.15, 0.2) is 0 Å². The molecule has 0 bridgehead atoms. The van der Waals surface area contributed by atoms with Crippen molar-refractivity contribution in [3.63, 3.8) is 0 Å². The van der Waals surface area contributed by atoms with Crippen molar-refractivity contribution in [1.82, 2.24) is 0 Å². The maximum absolute atomic E-state index is 5.79. The summed E-state index contributed by atoms with van der Waals surface area (Å²) in [4.78, 5) is 0. The predicted octanol–water partition coefficient (Wildman–Crippen LogP) is 4.31. The van der Waals surface area contributed by atoms with Crippen LogP contribution in [0.1, 0.15) is 16.7 Å². The van der Waals surface area contributed by atoms with Gasteiger partial charge < -0.3 is 4.74 Å². The third kappa shape index (κ3) is 3.24. The van der Waals surface area contributed by atoms with Crippen LogP contribution in [0.3, 0.4) is 0 Å². The number of alkyl halides is 1. The molecule has 88 valence electrons. The topological polar surface area (TPSA) is 9.23 Å². The molecule has 2 heteroatoms. The van der Waals surface area contributed by atoms with Crippen LogP contribution >= 0.6 is 11.6 Å². The summed E-state index contributed by atoms with van der Waals surface area (Å²) in [6, 6.07) is 16.1. The molecule has 0 atom stereocenters. The fraction of sp³-hybridized carbons (Fsp3) is 0.200. The van der Waals surface area contributed by atoms with E-state index in [1.807, 2.05) is 36.4 Å². The maximum atomic E-state index is 5.79. The van der Waals surface area contributed by atoms with Crippen molar-refractivity contribution < 1.29 is 4.74 Å². The Bertz CT molecular complexity index is 494. The van der Waals surface area contributed by atoms with Gasteiger partial charge in [0.05, 0.1) is 0 Å². The Hall–Kier alpha value is -1.47. The fourth-order valence-corrected chi connectivity index (χ4v) is 1.82. The lowest BCUT2D eigenvalue weighted by Crippen LogP contribution is -1.97. The van der Waals surface area contributed by atoms with Crippen LogP contribution in [-0.4, -0.2) is 0 Å². The van der Waals surface area contributed by atoms with Crippen molar-refractivity contribution in [1.29, 1.82) is 0 Å². The molecule has 0 saturated carbocycles. The van der Waals surface area contributed by atoms with Crippen LogP contribution in [0.4, 0.5) is 0 Å². The molecule has 0 N–H and O–H groups in total. The van der Waals surface area contributed by atoms with Crippen molar-refractivity contribution >= 4 is 11.6 Å². The van der Waals surface area contributed by atoms with Gasteiger partial charge in [-0.1, -0.05) is 36.4 Å². The van der Waals surface area contributed by atoms with Crippen molar-refractivity contribution in [2.24, 2.45) is 0 Å². The van der Waals surface area contributed by atoms with E-state index in [1.54, 1.807) is 0 Å². The van der Waals surface area contributed by atoms with Crippen molar-refractivity contribution in [2.75, 3.05) is 0 Å². The molecule has 2 aromatic carbocycles. The molecule has 0 aromatic heterocycles. The average molecular weight is 247 g/mol. The lowest BCUT2D eigenvalue weighted by molar-refractivity contribution is 0.305. The van der Waals surface area contributed by atoms with Gasteiger partial charge in [0.25, 0.3) is 0 Å². The summed E-state index contributed by atoms with van der Waals surface area (Å²) in [5.74, 6) is 1.38. The number of rotatable bonds is 4. The smallest absolute Gasteiger partial charge is 0.120 e. The Morgan fingerprint density at radius 2 is 1.88 bits per heavy atom. The molecule has 2 aromatic rings. The molecule has 1 nitrogen and oxygen atoms in total. The molecule has 0 unspecified atom stereocenters. The summed E-state index contributed by atoms with van der Waals surface area (Å²) in [6.07, 6.45) is 0. The van der Waals surface area contributed by atoms with Crippen LogP contribution in [0.5, 0.6) is 5.75 Å². The van der Waals surface area contributed by atoms with E-state index < -0.39 is 0 Å². The van der Waals surface area contributed by atoms with Gasteiger partial charge in [0.1, 0.15) is 12.4 Å². The Kier molecular flexibility index (Phi) is 4.05. The van der Waals surface area contributed by atoms with Crippen LogP contribution in [0.15, 0.2) is 48.5 Å². The van der Waals surface area contributed by atoms with Crippen LogP contribution in [0.2, 0.25) is 0 Å². The molecular formula is C15H15ClO. The quantitative estimate of drug-likeness (QED) is 0.731. The summed E-state index contributed by atoms with van der Waals surface area (Å²) >= 11 is 5.79. The summed E-state index contributed by atoms with van der Waals surface area (Å²) in [7, 11) is 0. The van der Waals surface area contributed by atoms with Gasteiger partial charge in [-0.05, 0) is 35.7 Å². The Morgan fingerprint density at radius 3 is 2.65 bits per heavy atom. The number of hydrogen-bond acceptors (Lipinski definition) is 1. The van der Waals surface area contributed by atoms with Crippen molar-refractivity contribution in [3.05, 3.63) is 65.2 Å². The van der Waals surface area contributed by atoms with Gasteiger partial charge in [0.2, 0.25) is 0 Å². The molecule has 0 aliphatic carbocycles. The summed E-state index contributed by atoms with van der Waals surface area (Å²) < 4.78 is 5.76. The molecule has 0 fully saturated rings. The highest BCUT2D eigenvalue weighted by molar-refractivity contribution is 6.17. The molecule has 0 aliphatic rings. The first-order valence-electron chi connectivity index (χ1n) is 5.62. The lowest BCUT2D eigenvalue weighted by Gasteiger charge is -2.09. The second-order valence-corrected chi connectivity index (χ2v) is 4.26. The number of hydrogen-bond donors (Lipinski definition) is 0. The lowest BCUT2D eigenvalue weighted by atomic mass is 10.1. The van der Waals surface area contributed by atoms with E-state index in [9.17, 15) is 0 Å². The fourth-order valence-electron chi connectivity index (χ4n) is 1.65. The van der Waals surface area contributed by atoms with E-state index in [2.05, 4.69) is 19.1 Å². The van der Waals surface area contributed by atoms with Gasteiger partial charge in [-0.25, -0.2) is 0 Å². The molecule has 0 heterocycles. The minimum Gasteiger partial charge on any atom is -0.489 e. The Balaban J connectivity index is 2.05. The van der Waals surface area contributed by atoms with E-state index in [-0.39, 0.29) is 0 Å². The second-order valence-electron chi connectivity index (χ2n) is 4.00. The standard InChI is InChI=1S/C15H15ClO/c1-12-5-2-3-7-14(12)11-17-15-8-4-6-13(9-15)10-16/h2-9H,10-11H2,1H3. The normalized spacial score (nSPS) is 10.2. The Morgan fingerprint density at radius 1 is 1.06 bits per heavy atom. The Labute approximate surface area is 107 Å². The third-order valence-electron chi connectivity index (χ3n) is 2.71. The highest BCUT2D eigenvalue weighted by Crippen LogP contribution is 2.17. The maximum Gasteiger partial charge on any atom is 0.120 e. The van der Waals surface area contributed by atoms with Gasteiger partial charge in [0, 0.05) is 5.88 Å². The molecular weight excluding hydrogens is 232 g/mol. The summed E-state index contributed by atoms with van der Waals surface area (Å²) in [5, 5.41) is 0. The zero-order chi connectivity index (χ0) is 12.1. The minimum absolute atomic E-state index is 0.515. The number of aryl methyl sites for hydroxylation is 1. The summed E-state index contributed by atoms with van der Waals surface area (Å²) in [6.45, 7) is 2.69. The molecule has 0 amide bonds. The number of ether oxygens (including phenoxy) is 1. The molecule has 17 heavy (non-hydrogen) atoms. The largest absolute Gasteiger partial charge is 0.489 e. The van der Waals surface area contributed by atoms with E-state index in [4.69, 9.17) is 16.3 Å². The first kappa shape index (κ1) is 12.0. The van der Waals surface area contributed by atoms with Gasteiger partial charge in [-0.2, -0.15) is 0 Å². The number of benzene rings is 2. The second kappa shape index (κ2) is 5.74. The zero-order valence-electron chi connectivity index (χ0n) is 9.82. The molecule has 0 spiro atoms. The van der Waals surface area contributed by atoms with Crippen molar-refractivity contribution in [3.8, 4) is 5.75 Å². The van der Waals surface area contributed by atoms with Gasteiger partial charge >= 0.3 is 0 Å². The highest BCUT2D eigenvalue weighted by Gasteiger charge is 1.99. The summed E-state index contributed by atoms with van der Waals surface area (Å²) in [5.41, 5.74) is 3.54. The highest BCUT2D eigenvalue weighted by atomic mass is 35.5. The van der Waals surface area contributed by atoms with Crippen LogP contribution in [-0.2, 0) is 12.5 Å². The van der Waals surface area contributed by atoms with E-state index in [0.29, 0.717) is 12.5 Å². The van der Waals surface area contributed by atoms with Crippen LogP contribution in [0.25, 0.3) is 0 Å². The molecule has 0 radical (unpaired) electrons. The SMILES string of the molecule is Cc1ccccc1COc1cccc(CCl)c1. The average Bonchev–Trinajstić information content (AvgIpc) is 2.38. The monoisotopic (exact) mass is 246 g/mol. The van der Waals surface area contributed by atoms with E-state index in [1.165, 1.54) is 11.1 Å². The molecule has 2 rings (SSSR count). The van der Waals surface area contributed by atoms with E-state index >= 15 is 0 Å². The van der Waals surface area contributed by atoms with Crippen LogP contribution < -0.4 is 4.74 Å². The van der Waals surface area contributed by atoms with Gasteiger partial charge in [-0.3, -0.25) is 0 Å². The minimum atomic E-state index is 0.515. The van der Waals surface area contributed by atoms with Crippen LogP contribution in [0, 0.1) is 6.92 Å². The third-order valence-corrected chi connectivity index (χ3v) is 3.02. The first-order valence-corrected chi connectivity index (χ1v) is 6.15. The molecule has 0 saturated heterocycles. The van der Waals surface area contributed by atoms with Crippen molar-refractivity contribution in [2.45, 2.75) is 19.4 Å². The molecule has 0 aliphatic heterocycles. The van der Waals surface area contributed by atoms with E-state index in [0.717, 1.165) is 11.3 Å². The predicted molar refractivity (Wildman–Crippen MR) is 71.5 cm³/mol. The van der Waals surface area contributed by atoms with Gasteiger partial charge in [-0.15, -0.1) is 11.6 Å². The first-order chi connectivity index (χ1) is 8.29.